The summed E-state index contributed by atoms with van der Waals surface area (Å²) in [5.41, 5.74) is 1.11. The average molecular weight is 274 g/mol. The second-order valence-corrected chi connectivity index (χ2v) is 5.33. The van der Waals surface area contributed by atoms with E-state index in [0.717, 1.165) is 16.3 Å². The van der Waals surface area contributed by atoms with E-state index in [1.54, 1.807) is 0 Å². The Morgan fingerprint density at radius 2 is 1.52 bits per heavy atom. The van der Waals surface area contributed by atoms with Crippen molar-refractivity contribution >= 4 is 27.3 Å². The molecule has 1 heterocycles. The summed E-state index contributed by atoms with van der Waals surface area (Å²) in [5.74, 6) is 0.114. The van der Waals surface area contributed by atoms with E-state index in [0.29, 0.717) is 6.42 Å². The van der Waals surface area contributed by atoms with E-state index in [-0.39, 0.29) is 11.9 Å². The maximum atomic E-state index is 11.8. The van der Waals surface area contributed by atoms with Crippen molar-refractivity contribution in [2.24, 2.45) is 0 Å². The minimum absolute atomic E-state index is 0.114. The van der Waals surface area contributed by atoms with Gasteiger partial charge in [-0.25, -0.2) is 0 Å². The fraction of sp³-hybridized carbons (Fsp3) is 0.105. The zero-order valence-corrected chi connectivity index (χ0v) is 11.5. The topological polar surface area (TPSA) is 26.3 Å². The highest BCUT2D eigenvalue weighted by Gasteiger charge is 2.23. The molecule has 0 bridgehead atoms. The molecule has 0 spiro atoms. The van der Waals surface area contributed by atoms with Gasteiger partial charge in [-0.2, -0.15) is 0 Å². The SMILES string of the molecule is O=C1C=CO[C@H](c2c3ccccc3cc3ccccc23)C1. The second-order valence-electron chi connectivity index (χ2n) is 5.33. The van der Waals surface area contributed by atoms with Gasteiger partial charge in [0.25, 0.3) is 0 Å². The highest BCUT2D eigenvalue weighted by Crippen LogP contribution is 2.37. The molecule has 2 heteroatoms. The summed E-state index contributed by atoms with van der Waals surface area (Å²) in [6.45, 7) is 0. The smallest absolute Gasteiger partial charge is 0.162 e. The van der Waals surface area contributed by atoms with E-state index in [4.69, 9.17) is 4.74 Å². The Labute approximate surface area is 122 Å². The summed E-state index contributed by atoms with van der Waals surface area (Å²) < 4.78 is 5.75. The molecule has 102 valence electrons. The minimum atomic E-state index is -0.210. The molecule has 1 aliphatic heterocycles. The molecule has 3 aromatic carbocycles. The van der Waals surface area contributed by atoms with Crippen molar-refractivity contribution in [2.45, 2.75) is 12.5 Å². The van der Waals surface area contributed by atoms with Crippen LogP contribution in [0.4, 0.5) is 0 Å². The van der Waals surface area contributed by atoms with Gasteiger partial charge < -0.3 is 4.74 Å². The predicted molar refractivity (Wildman–Crippen MR) is 84.0 cm³/mol. The molecule has 0 amide bonds. The lowest BCUT2D eigenvalue weighted by Crippen LogP contribution is -2.12. The van der Waals surface area contributed by atoms with Crippen molar-refractivity contribution in [2.75, 3.05) is 0 Å². The Hall–Kier alpha value is -2.61. The first-order valence-corrected chi connectivity index (χ1v) is 7.08. The van der Waals surface area contributed by atoms with Crippen LogP contribution in [-0.2, 0) is 9.53 Å². The number of ether oxygens (including phenoxy) is 1. The van der Waals surface area contributed by atoms with Gasteiger partial charge in [-0.15, -0.1) is 0 Å². The maximum absolute atomic E-state index is 11.8. The monoisotopic (exact) mass is 274 g/mol. The van der Waals surface area contributed by atoms with Gasteiger partial charge in [0.15, 0.2) is 5.78 Å². The highest BCUT2D eigenvalue weighted by molar-refractivity contribution is 6.03. The van der Waals surface area contributed by atoms with Crippen molar-refractivity contribution in [3.8, 4) is 0 Å². The van der Waals surface area contributed by atoms with Crippen LogP contribution < -0.4 is 0 Å². The van der Waals surface area contributed by atoms with Gasteiger partial charge in [0.1, 0.15) is 6.10 Å². The first-order valence-electron chi connectivity index (χ1n) is 7.08. The molecule has 0 aliphatic carbocycles. The number of fused-ring (bicyclic) bond motifs is 2. The number of carbonyl (C=O) groups excluding carboxylic acids is 1. The Kier molecular flexibility index (Phi) is 2.74. The fourth-order valence-corrected chi connectivity index (χ4v) is 3.07. The van der Waals surface area contributed by atoms with E-state index in [9.17, 15) is 4.79 Å². The van der Waals surface area contributed by atoms with Gasteiger partial charge in [-0.3, -0.25) is 4.79 Å². The normalized spacial score (nSPS) is 18.1. The van der Waals surface area contributed by atoms with Crippen molar-refractivity contribution in [3.63, 3.8) is 0 Å². The predicted octanol–water partition coefficient (Wildman–Crippen LogP) is 4.54. The Morgan fingerprint density at radius 3 is 2.14 bits per heavy atom. The second kappa shape index (κ2) is 4.74. The van der Waals surface area contributed by atoms with Gasteiger partial charge in [0.05, 0.1) is 12.7 Å². The average Bonchev–Trinajstić information content (AvgIpc) is 2.52. The first kappa shape index (κ1) is 12.2. The lowest BCUT2D eigenvalue weighted by molar-refractivity contribution is -0.118. The van der Waals surface area contributed by atoms with Gasteiger partial charge in [-0.1, -0.05) is 48.5 Å². The maximum Gasteiger partial charge on any atom is 0.162 e. The summed E-state index contributed by atoms with van der Waals surface area (Å²) in [7, 11) is 0. The van der Waals surface area contributed by atoms with E-state index in [1.165, 1.54) is 23.1 Å². The largest absolute Gasteiger partial charge is 0.493 e. The third kappa shape index (κ3) is 2.00. The van der Waals surface area contributed by atoms with Crippen LogP contribution in [0, 0.1) is 0 Å². The number of allylic oxidation sites excluding steroid dienone is 1. The molecule has 1 atom stereocenters. The zero-order chi connectivity index (χ0) is 14.2. The van der Waals surface area contributed by atoms with Crippen molar-refractivity contribution < 1.29 is 9.53 Å². The molecule has 0 saturated heterocycles. The number of hydrogen-bond acceptors (Lipinski definition) is 2. The molecule has 4 rings (SSSR count). The van der Waals surface area contributed by atoms with E-state index in [1.807, 2.05) is 24.3 Å². The molecule has 1 aliphatic rings. The fourth-order valence-electron chi connectivity index (χ4n) is 3.07. The van der Waals surface area contributed by atoms with E-state index in [2.05, 4.69) is 30.3 Å². The molecule has 0 aromatic heterocycles. The van der Waals surface area contributed by atoms with Gasteiger partial charge in [0.2, 0.25) is 0 Å². The van der Waals surface area contributed by atoms with Crippen LogP contribution in [0.5, 0.6) is 0 Å². The Bertz CT molecular complexity index is 823. The molecule has 2 nitrogen and oxygen atoms in total. The summed E-state index contributed by atoms with van der Waals surface area (Å²) in [4.78, 5) is 11.8. The van der Waals surface area contributed by atoms with Crippen molar-refractivity contribution in [1.82, 2.24) is 0 Å². The van der Waals surface area contributed by atoms with E-state index < -0.39 is 0 Å². The van der Waals surface area contributed by atoms with Crippen molar-refractivity contribution in [3.05, 3.63) is 72.5 Å². The number of rotatable bonds is 1. The minimum Gasteiger partial charge on any atom is -0.493 e. The molecule has 0 unspecified atom stereocenters. The molecule has 21 heavy (non-hydrogen) atoms. The summed E-state index contributed by atoms with van der Waals surface area (Å²) in [6.07, 6.45) is 3.21. The van der Waals surface area contributed by atoms with Gasteiger partial charge in [0, 0.05) is 11.6 Å². The number of benzene rings is 3. The van der Waals surface area contributed by atoms with Crippen molar-refractivity contribution in [1.29, 1.82) is 0 Å². The molecule has 0 saturated carbocycles. The number of carbonyl (C=O) groups is 1. The zero-order valence-electron chi connectivity index (χ0n) is 11.5. The van der Waals surface area contributed by atoms with Crippen LogP contribution in [0.15, 0.2) is 66.9 Å². The van der Waals surface area contributed by atoms with Crippen LogP contribution in [0.3, 0.4) is 0 Å². The first-order chi connectivity index (χ1) is 10.3. The molecule has 0 radical (unpaired) electrons. The van der Waals surface area contributed by atoms with Crippen LogP contribution in [0.2, 0.25) is 0 Å². The lowest BCUT2D eigenvalue weighted by Gasteiger charge is -2.22. The molecule has 3 aromatic rings. The third-order valence-corrected chi connectivity index (χ3v) is 4.02. The highest BCUT2D eigenvalue weighted by atomic mass is 16.5. The third-order valence-electron chi connectivity index (χ3n) is 4.02. The number of ketones is 1. The Balaban J connectivity index is 2.07. The molecule has 0 N–H and O–H groups in total. The molecular weight excluding hydrogens is 260 g/mol. The van der Waals surface area contributed by atoms with Crippen LogP contribution >= 0.6 is 0 Å². The molecular formula is C19H14O2. The van der Waals surface area contributed by atoms with Gasteiger partial charge in [-0.05, 0) is 27.6 Å². The van der Waals surface area contributed by atoms with Crippen LogP contribution in [0.25, 0.3) is 21.5 Å². The van der Waals surface area contributed by atoms with Crippen LogP contribution in [0.1, 0.15) is 18.1 Å². The number of hydrogen-bond donors (Lipinski definition) is 0. The van der Waals surface area contributed by atoms with Gasteiger partial charge >= 0.3 is 0 Å². The quantitative estimate of drug-likeness (QED) is 0.609. The Morgan fingerprint density at radius 1 is 0.905 bits per heavy atom. The molecule has 0 fully saturated rings. The standard InChI is InChI=1S/C19H14O2/c20-15-9-10-21-18(12-15)19-16-7-3-1-5-13(16)11-14-6-2-4-8-17(14)19/h1-11,18H,12H2/t18-/m0/s1. The lowest BCUT2D eigenvalue weighted by atomic mass is 9.91. The summed E-state index contributed by atoms with van der Waals surface area (Å²) in [6, 6.07) is 18.7. The van der Waals surface area contributed by atoms with E-state index >= 15 is 0 Å². The summed E-state index contributed by atoms with van der Waals surface area (Å²) in [5, 5.41) is 4.67. The van der Waals surface area contributed by atoms with Crippen LogP contribution in [-0.4, -0.2) is 5.78 Å². The summed E-state index contributed by atoms with van der Waals surface area (Å²) >= 11 is 0.